The van der Waals surface area contributed by atoms with Crippen molar-refractivity contribution < 1.29 is 8.42 Å². The summed E-state index contributed by atoms with van der Waals surface area (Å²) in [7, 11) is -2.82. The Balaban J connectivity index is 0.000001000. The SMILES string of the molecule is CS(=O)(=O)C1CCC(N)C1.Cl. The van der Waals surface area contributed by atoms with Gasteiger partial charge in [-0.2, -0.15) is 0 Å². The average molecular weight is 200 g/mol. The Kier molecular flexibility index (Phi) is 3.80. The second-order valence-corrected chi connectivity index (χ2v) is 5.35. The second-order valence-electron chi connectivity index (χ2n) is 3.02. The molecular formula is C6H14ClNO2S. The summed E-state index contributed by atoms with van der Waals surface area (Å²) in [6, 6.07) is 0.111. The highest BCUT2D eigenvalue weighted by molar-refractivity contribution is 7.91. The van der Waals surface area contributed by atoms with Gasteiger partial charge < -0.3 is 5.73 Å². The van der Waals surface area contributed by atoms with Gasteiger partial charge in [0.2, 0.25) is 0 Å². The standard InChI is InChI=1S/C6H13NO2S.ClH/c1-10(8,9)6-3-2-5(7)4-6;/h5-6H,2-4,7H2,1H3;1H. The van der Waals surface area contributed by atoms with Gasteiger partial charge in [-0.15, -0.1) is 12.4 Å². The first kappa shape index (κ1) is 11.2. The predicted molar refractivity (Wildman–Crippen MR) is 47.7 cm³/mol. The molecule has 2 N–H and O–H groups in total. The van der Waals surface area contributed by atoms with Gasteiger partial charge in [-0.25, -0.2) is 8.42 Å². The van der Waals surface area contributed by atoms with Gasteiger partial charge in [0.05, 0.1) is 5.25 Å². The molecule has 68 valence electrons. The Morgan fingerprint density at radius 1 is 1.36 bits per heavy atom. The molecule has 0 amide bonds. The van der Waals surface area contributed by atoms with E-state index in [2.05, 4.69) is 0 Å². The molecule has 0 radical (unpaired) electrons. The van der Waals surface area contributed by atoms with Crippen LogP contribution in [0, 0.1) is 0 Å². The summed E-state index contributed by atoms with van der Waals surface area (Å²) in [6.07, 6.45) is 3.55. The van der Waals surface area contributed by atoms with Crippen LogP contribution in [-0.4, -0.2) is 26.0 Å². The Morgan fingerprint density at radius 2 is 1.91 bits per heavy atom. The van der Waals surface area contributed by atoms with E-state index in [1.807, 2.05) is 0 Å². The lowest BCUT2D eigenvalue weighted by molar-refractivity contribution is 0.584. The van der Waals surface area contributed by atoms with Crippen LogP contribution >= 0.6 is 12.4 Å². The second kappa shape index (κ2) is 3.74. The third kappa shape index (κ3) is 2.97. The van der Waals surface area contributed by atoms with Crippen molar-refractivity contribution in [2.75, 3.05) is 6.26 Å². The van der Waals surface area contributed by atoms with Crippen molar-refractivity contribution in [2.45, 2.75) is 30.6 Å². The largest absolute Gasteiger partial charge is 0.328 e. The van der Waals surface area contributed by atoms with Crippen LogP contribution in [0.25, 0.3) is 0 Å². The van der Waals surface area contributed by atoms with Crippen molar-refractivity contribution in [3.8, 4) is 0 Å². The minimum atomic E-state index is -2.82. The zero-order valence-corrected chi connectivity index (χ0v) is 8.12. The van der Waals surface area contributed by atoms with Gasteiger partial charge in [0.1, 0.15) is 9.84 Å². The number of rotatable bonds is 1. The van der Waals surface area contributed by atoms with Crippen molar-refractivity contribution >= 4 is 22.2 Å². The highest BCUT2D eigenvalue weighted by Gasteiger charge is 2.29. The lowest BCUT2D eigenvalue weighted by Crippen LogP contribution is -2.20. The molecule has 1 saturated carbocycles. The maximum atomic E-state index is 10.9. The fourth-order valence-corrected chi connectivity index (χ4v) is 2.52. The van der Waals surface area contributed by atoms with Crippen LogP contribution in [0.1, 0.15) is 19.3 Å². The quantitative estimate of drug-likeness (QED) is 0.663. The number of nitrogens with two attached hydrogens (primary N) is 1. The predicted octanol–water partition coefficient (Wildman–Crippen LogP) is 0.333. The molecule has 0 heterocycles. The molecule has 0 aromatic carbocycles. The topological polar surface area (TPSA) is 60.2 Å². The molecule has 3 nitrogen and oxygen atoms in total. The molecule has 5 heteroatoms. The molecule has 11 heavy (non-hydrogen) atoms. The van der Waals surface area contributed by atoms with Crippen molar-refractivity contribution in [3.63, 3.8) is 0 Å². The number of hydrogen-bond acceptors (Lipinski definition) is 3. The molecule has 0 spiro atoms. The monoisotopic (exact) mass is 199 g/mol. The van der Waals surface area contributed by atoms with Crippen LogP contribution in [0.5, 0.6) is 0 Å². The van der Waals surface area contributed by atoms with E-state index in [9.17, 15) is 8.42 Å². The lowest BCUT2D eigenvalue weighted by Gasteiger charge is -2.04. The fraction of sp³-hybridized carbons (Fsp3) is 1.00. The van der Waals surface area contributed by atoms with E-state index >= 15 is 0 Å². The number of sulfone groups is 1. The first-order chi connectivity index (χ1) is 4.50. The highest BCUT2D eigenvalue weighted by Crippen LogP contribution is 2.22. The van der Waals surface area contributed by atoms with Gasteiger partial charge in [0.15, 0.2) is 0 Å². The van der Waals surface area contributed by atoms with Crippen LogP contribution in [0.4, 0.5) is 0 Å². The zero-order valence-electron chi connectivity index (χ0n) is 6.49. The Hall–Kier alpha value is 0.200. The van der Waals surface area contributed by atoms with E-state index in [1.54, 1.807) is 0 Å². The van der Waals surface area contributed by atoms with Crippen LogP contribution < -0.4 is 5.73 Å². The summed E-state index contributed by atoms with van der Waals surface area (Å²) in [5.74, 6) is 0. The van der Waals surface area contributed by atoms with Crippen molar-refractivity contribution in [1.82, 2.24) is 0 Å². The summed E-state index contributed by atoms with van der Waals surface area (Å²) in [6.45, 7) is 0. The summed E-state index contributed by atoms with van der Waals surface area (Å²) in [5.41, 5.74) is 5.56. The molecule has 0 aliphatic heterocycles. The van der Waals surface area contributed by atoms with Crippen LogP contribution in [0.3, 0.4) is 0 Å². The van der Waals surface area contributed by atoms with E-state index in [-0.39, 0.29) is 23.7 Å². The molecule has 2 unspecified atom stereocenters. The molecule has 1 aliphatic carbocycles. The zero-order chi connectivity index (χ0) is 7.78. The van der Waals surface area contributed by atoms with Crippen LogP contribution in [0.2, 0.25) is 0 Å². The number of halogens is 1. The Morgan fingerprint density at radius 3 is 2.09 bits per heavy atom. The van der Waals surface area contributed by atoms with E-state index < -0.39 is 9.84 Å². The molecule has 1 aliphatic rings. The number of hydrogen-bond donors (Lipinski definition) is 1. The normalized spacial score (nSPS) is 31.5. The maximum Gasteiger partial charge on any atom is 0.150 e. The summed E-state index contributed by atoms with van der Waals surface area (Å²) >= 11 is 0. The third-order valence-electron chi connectivity index (χ3n) is 2.03. The molecule has 0 aromatic rings. The van der Waals surface area contributed by atoms with Gasteiger partial charge in [0, 0.05) is 12.3 Å². The third-order valence-corrected chi connectivity index (χ3v) is 3.67. The summed E-state index contributed by atoms with van der Waals surface area (Å²) in [4.78, 5) is 0. The molecular weight excluding hydrogens is 186 g/mol. The van der Waals surface area contributed by atoms with Crippen LogP contribution in [-0.2, 0) is 9.84 Å². The van der Waals surface area contributed by atoms with Crippen molar-refractivity contribution in [3.05, 3.63) is 0 Å². The van der Waals surface area contributed by atoms with E-state index in [0.29, 0.717) is 6.42 Å². The molecule has 2 atom stereocenters. The molecule has 1 fully saturated rings. The van der Waals surface area contributed by atoms with Gasteiger partial charge in [-0.05, 0) is 19.3 Å². The minimum Gasteiger partial charge on any atom is -0.328 e. The van der Waals surface area contributed by atoms with E-state index in [1.165, 1.54) is 6.26 Å². The first-order valence-corrected chi connectivity index (χ1v) is 5.40. The minimum absolute atomic E-state index is 0. The average Bonchev–Trinajstić information content (AvgIpc) is 2.11. The Labute approximate surface area is 73.7 Å². The lowest BCUT2D eigenvalue weighted by atomic mass is 10.3. The van der Waals surface area contributed by atoms with E-state index in [4.69, 9.17) is 5.73 Å². The molecule has 1 rings (SSSR count). The van der Waals surface area contributed by atoms with Gasteiger partial charge in [-0.3, -0.25) is 0 Å². The Bertz CT molecular complexity index is 215. The fourth-order valence-electron chi connectivity index (χ4n) is 1.36. The van der Waals surface area contributed by atoms with Crippen molar-refractivity contribution in [1.29, 1.82) is 0 Å². The smallest absolute Gasteiger partial charge is 0.150 e. The van der Waals surface area contributed by atoms with E-state index in [0.717, 1.165) is 12.8 Å². The van der Waals surface area contributed by atoms with Gasteiger partial charge in [0.25, 0.3) is 0 Å². The molecule has 0 aromatic heterocycles. The van der Waals surface area contributed by atoms with Crippen LogP contribution in [0.15, 0.2) is 0 Å². The maximum absolute atomic E-state index is 10.9. The molecule has 0 bridgehead atoms. The first-order valence-electron chi connectivity index (χ1n) is 3.44. The summed E-state index contributed by atoms with van der Waals surface area (Å²) in [5, 5.41) is -0.164. The van der Waals surface area contributed by atoms with Crippen molar-refractivity contribution in [2.24, 2.45) is 5.73 Å². The highest BCUT2D eigenvalue weighted by atomic mass is 35.5. The van der Waals surface area contributed by atoms with Gasteiger partial charge >= 0.3 is 0 Å². The van der Waals surface area contributed by atoms with Gasteiger partial charge in [-0.1, -0.05) is 0 Å². The summed E-state index contributed by atoms with van der Waals surface area (Å²) < 4.78 is 21.8. The molecule has 0 saturated heterocycles.